The highest BCUT2D eigenvalue weighted by atomic mass is 16.2. The molecular formula is C21H36N6O. The minimum Gasteiger partial charge on any atom is -0.354 e. The van der Waals surface area contributed by atoms with E-state index in [1.165, 1.54) is 0 Å². The smallest absolute Gasteiger partial charge is 0.239 e. The Morgan fingerprint density at radius 3 is 2.21 bits per heavy atom. The van der Waals surface area contributed by atoms with Crippen molar-refractivity contribution in [3.63, 3.8) is 0 Å². The average Bonchev–Trinajstić information content (AvgIpc) is 2.72. The zero-order valence-corrected chi connectivity index (χ0v) is 18.2. The predicted octanol–water partition coefficient (Wildman–Crippen LogP) is 1.58. The van der Waals surface area contributed by atoms with Crippen molar-refractivity contribution in [3.8, 4) is 0 Å². The van der Waals surface area contributed by atoms with Crippen molar-refractivity contribution in [3.05, 3.63) is 17.6 Å². The molecule has 1 amide bonds. The van der Waals surface area contributed by atoms with Crippen molar-refractivity contribution in [2.75, 3.05) is 63.8 Å². The maximum atomic E-state index is 12.9. The Morgan fingerprint density at radius 1 is 1.00 bits per heavy atom. The molecule has 3 heterocycles. The van der Waals surface area contributed by atoms with Gasteiger partial charge in [0.15, 0.2) is 0 Å². The van der Waals surface area contributed by atoms with E-state index in [4.69, 9.17) is 4.98 Å². The summed E-state index contributed by atoms with van der Waals surface area (Å²) in [6.07, 6.45) is 0. The zero-order chi connectivity index (χ0) is 20.3. The first kappa shape index (κ1) is 21.0. The van der Waals surface area contributed by atoms with E-state index in [2.05, 4.69) is 53.4 Å². The summed E-state index contributed by atoms with van der Waals surface area (Å²) in [5, 5.41) is 0. The van der Waals surface area contributed by atoms with Crippen LogP contribution < -0.4 is 4.90 Å². The van der Waals surface area contributed by atoms with Gasteiger partial charge < -0.3 is 14.7 Å². The monoisotopic (exact) mass is 388 g/mol. The van der Waals surface area contributed by atoms with Gasteiger partial charge >= 0.3 is 0 Å². The van der Waals surface area contributed by atoms with Crippen molar-refractivity contribution >= 4 is 11.7 Å². The maximum Gasteiger partial charge on any atom is 0.239 e. The number of hydrogen-bond donors (Lipinski definition) is 0. The van der Waals surface area contributed by atoms with E-state index in [-0.39, 0.29) is 11.9 Å². The molecule has 0 bridgehead atoms. The van der Waals surface area contributed by atoms with E-state index in [1.807, 2.05) is 11.8 Å². The maximum absolute atomic E-state index is 12.9. The van der Waals surface area contributed by atoms with Crippen LogP contribution in [0.3, 0.4) is 0 Å². The second-order valence-electron chi connectivity index (χ2n) is 8.34. The van der Waals surface area contributed by atoms with Gasteiger partial charge in [0, 0.05) is 70.0 Å². The molecule has 0 aromatic carbocycles. The Hall–Kier alpha value is -1.73. The highest BCUT2D eigenvalue weighted by Crippen LogP contribution is 2.20. The molecule has 2 aliphatic rings. The number of likely N-dealkylation sites (N-methyl/N-ethyl adjacent to an activating group) is 1. The number of hydrogen-bond acceptors (Lipinski definition) is 6. The van der Waals surface area contributed by atoms with Gasteiger partial charge in [-0.3, -0.25) is 9.69 Å². The molecule has 0 aliphatic carbocycles. The zero-order valence-electron chi connectivity index (χ0n) is 18.2. The molecule has 156 valence electrons. The number of aryl methyl sites for hydroxylation is 1. The summed E-state index contributed by atoms with van der Waals surface area (Å²) in [4.78, 5) is 31.4. The molecule has 2 aliphatic heterocycles. The molecule has 7 nitrogen and oxygen atoms in total. The Kier molecular flexibility index (Phi) is 6.88. The fraction of sp³-hybridized carbons (Fsp3) is 0.762. The summed E-state index contributed by atoms with van der Waals surface area (Å²) in [7, 11) is 0. The number of aromatic nitrogens is 2. The fourth-order valence-corrected chi connectivity index (χ4v) is 4.04. The number of rotatable bonds is 5. The summed E-state index contributed by atoms with van der Waals surface area (Å²) in [6.45, 7) is 18.9. The van der Waals surface area contributed by atoms with E-state index in [9.17, 15) is 4.79 Å². The van der Waals surface area contributed by atoms with Crippen molar-refractivity contribution in [2.24, 2.45) is 0 Å². The quantitative estimate of drug-likeness (QED) is 0.763. The Morgan fingerprint density at radius 2 is 1.64 bits per heavy atom. The highest BCUT2D eigenvalue weighted by Gasteiger charge is 2.30. The van der Waals surface area contributed by atoms with Gasteiger partial charge in [-0.1, -0.05) is 20.8 Å². The van der Waals surface area contributed by atoms with Gasteiger partial charge in [0.1, 0.15) is 11.6 Å². The third kappa shape index (κ3) is 4.81. The average molecular weight is 389 g/mol. The number of amides is 1. The Bertz CT molecular complexity index is 663. The number of carbonyl (C=O) groups is 1. The molecule has 0 saturated carbocycles. The summed E-state index contributed by atoms with van der Waals surface area (Å²) in [5.74, 6) is 2.53. The van der Waals surface area contributed by atoms with Crippen molar-refractivity contribution in [1.82, 2.24) is 24.7 Å². The number of anilines is 1. The van der Waals surface area contributed by atoms with Crippen LogP contribution in [0, 0.1) is 6.92 Å². The molecule has 2 saturated heterocycles. The molecular weight excluding hydrogens is 352 g/mol. The molecule has 1 aromatic heterocycles. The SMILES string of the molecule is CCN1CCN(C(=O)C(C)N2CCN(c3cc(C)nc(C(C)C)n3)CC2)CC1. The molecule has 1 unspecified atom stereocenters. The lowest BCUT2D eigenvalue weighted by Crippen LogP contribution is -2.57. The predicted molar refractivity (Wildman–Crippen MR) is 113 cm³/mol. The van der Waals surface area contributed by atoms with E-state index in [1.54, 1.807) is 0 Å². The minimum absolute atomic E-state index is 0.0475. The summed E-state index contributed by atoms with van der Waals surface area (Å²) < 4.78 is 0. The number of piperazine rings is 2. The van der Waals surface area contributed by atoms with Crippen molar-refractivity contribution in [1.29, 1.82) is 0 Å². The first-order valence-corrected chi connectivity index (χ1v) is 10.7. The topological polar surface area (TPSA) is 55.8 Å². The third-order valence-corrected chi connectivity index (χ3v) is 6.05. The van der Waals surface area contributed by atoms with Crippen molar-refractivity contribution in [2.45, 2.75) is 46.6 Å². The number of nitrogens with zero attached hydrogens (tertiary/aromatic N) is 6. The van der Waals surface area contributed by atoms with Crippen LogP contribution in [-0.2, 0) is 4.79 Å². The lowest BCUT2D eigenvalue weighted by atomic mass is 10.1. The molecule has 3 rings (SSSR count). The lowest BCUT2D eigenvalue weighted by Gasteiger charge is -2.41. The summed E-state index contributed by atoms with van der Waals surface area (Å²) in [5.41, 5.74) is 1.02. The van der Waals surface area contributed by atoms with Crippen LogP contribution in [0.5, 0.6) is 0 Å². The molecule has 28 heavy (non-hydrogen) atoms. The fourth-order valence-electron chi connectivity index (χ4n) is 4.04. The molecule has 1 atom stereocenters. The lowest BCUT2D eigenvalue weighted by molar-refractivity contribution is -0.138. The van der Waals surface area contributed by atoms with Crippen molar-refractivity contribution < 1.29 is 4.79 Å². The largest absolute Gasteiger partial charge is 0.354 e. The number of carbonyl (C=O) groups excluding carboxylic acids is 1. The van der Waals surface area contributed by atoms with E-state index in [0.717, 1.165) is 76.2 Å². The van der Waals surface area contributed by atoms with E-state index < -0.39 is 0 Å². The van der Waals surface area contributed by atoms with Crippen LogP contribution >= 0.6 is 0 Å². The highest BCUT2D eigenvalue weighted by molar-refractivity contribution is 5.81. The van der Waals surface area contributed by atoms with Gasteiger partial charge in [-0.15, -0.1) is 0 Å². The van der Waals surface area contributed by atoms with Gasteiger partial charge in [0.25, 0.3) is 0 Å². The van der Waals surface area contributed by atoms with Crippen LogP contribution in [-0.4, -0.2) is 95.5 Å². The standard InChI is InChI=1S/C21H36N6O/c1-6-24-7-9-27(10-8-24)21(28)18(5)25-11-13-26(14-12-25)19-15-17(4)22-20(23-19)16(2)3/h15-16,18H,6-14H2,1-5H3. The van der Waals surface area contributed by atoms with Crippen LogP contribution in [0.4, 0.5) is 5.82 Å². The van der Waals surface area contributed by atoms with Gasteiger partial charge in [-0.2, -0.15) is 0 Å². The Balaban J connectivity index is 1.55. The minimum atomic E-state index is -0.0475. The normalized spacial score (nSPS) is 20.6. The van der Waals surface area contributed by atoms with E-state index in [0.29, 0.717) is 5.92 Å². The molecule has 7 heteroatoms. The van der Waals surface area contributed by atoms with Crippen LogP contribution in [0.2, 0.25) is 0 Å². The first-order valence-electron chi connectivity index (χ1n) is 10.7. The van der Waals surface area contributed by atoms with Crippen LogP contribution in [0.1, 0.15) is 45.1 Å². The molecule has 0 spiro atoms. The van der Waals surface area contributed by atoms with Gasteiger partial charge in [0.05, 0.1) is 6.04 Å². The van der Waals surface area contributed by atoms with Crippen LogP contribution in [0.25, 0.3) is 0 Å². The molecule has 1 aromatic rings. The van der Waals surface area contributed by atoms with Gasteiger partial charge in [-0.05, 0) is 20.4 Å². The van der Waals surface area contributed by atoms with Crippen LogP contribution in [0.15, 0.2) is 6.07 Å². The summed E-state index contributed by atoms with van der Waals surface area (Å²) in [6, 6.07) is 2.03. The molecule has 0 radical (unpaired) electrons. The van der Waals surface area contributed by atoms with Gasteiger partial charge in [0.2, 0.25) is 5.91 Å². The van der Waals surface area contributed by atoms with E-state index >= 15 is 0 Å². The summed E-state index contributed by atoms with van der Waals surface area (Å²) >= 11 is 0. The molecule has 2 fully saturated rings. The molecule has 0 N–H and O–H groups in total. The second kappa shape index (κ2) is 9.18. The third-order valence-electron chi connectivity index (χ3n) is 6.05. The first-order chi connectivity index (χ1) is 13.4. The Labute approximate surface area is 169 Å². The van der Waals surface area contributed by atoms with Gasteiger partial charge in [-0.25, -0.2) is 9.97 Å². The second-order valence-corrected chi connectivity index (χ2v) is 8.34.